The van der Waals surface area contributed by atoms with Crippen molar-refractivity contribution in [1.82, 2.24) is 20.0 Å². The third-order valence-electron chi connectivity index (χ3n) is 9.17. The predicted molar refractivity (Wildman–Crippen MR) is 139 cm³/mol. The highest BCUT2D eigenvalue weighted by Gasteiger charge is 2.44. The molecule has 2 N–H and O–H groups in total. The Hall–Kier alpha value is -3.49. The Morgan fingerprint density at radius 3 is 2.42 bits per heavy atom. The van der Waals surface area contributed by atoms with Crippen LogP contribution in [0, 0.1) is 5.92 Å². The van der Waals surface area contributed by atoms with Crippen molar-refractivity contribution in [2.75, 3.05) is 11.9 Å². The fraction of sp³-hybridized carbons (Fsp3) is 0.552. The van der Waals surface area contributed by atoms with Crippen LogP contribution in [0.1, 0.15) is 114 Å². The molecule has 3 saturated carbocycles. The van der Waals surface area contributed by atoms with Gasteiger partial charge in [0.1, 0.15) is 6.04 Å². The van der Waals surface area contributed by atoms with Crippen LogP contribution in [-0.2, 0) is 9.59 Å². The summed E-state index contributed by atoms with van der Waals surface area (Å²) in [6.07, 6.45) is 12.7. The summed E-state index contributed by atoms with van der Waals surface area (Å²) >= 11 is 0. The zero-order valence-electron chi connectivity index (χ0n) is 21.4. The van der Waals surface area contributed by atoms with Gasteiger partial charge in [-0.05, 0) is 80.5 Å². The lowest BCUT2D eigenvalue weighted by Crippen LogP contribution is -2.54. The lowest BCUT2D eigenvalue weighted by atomic mass is 9.80. The number of anilines is 1. The summed E-state index contributed by atoms with van der Waals surface area (Å²) in [4.78, 5) is 50.7. The standard InChI is InChI=1S/C29H33N5O4/c35-25-10-9-24(27(36)31-25)34-28(37)21-8-7-19(13-22(21)29(34)38)30-14-16-11-20(12-16)33-15-23(17-3-1-2-4-17)26(32-33)18-5-6-18/h7-8,13,15-18,20,24,30H,1-6,9-12,14H2,(H,31,35,36). The average molecular weight is 516 g/mol. The molecule has 38 heavy (non-hydrogen) atoms. The number of piperidine rings is 1. The number of hydrogen-bond acceptors (Lipinski definition) is 6. The molecule has 2 aliphatic heterocycles. The van der Waals surface area contributed by atoms with Crippen LogP contribution in [0.15, 0.2) is 24.4 Å². The predicted octanol–water partition coefficient (Wildman–Crippen LogP) is 3.88. The molecule has 1 atom stereocenters. The van der Waals surface area contributed by atoms with Crippen molar-refractivity contribution in [1.29, 1.82) is 0 Å². The van der Waals surface area contributed by atoms with Gasteiger partial charge in [-0.1, -0.05) is 12.8 Å². The SMILES string of the molecule is O=C1CCC(N2C(=O)c3ccc(NCC4CC(n5cc(C6CCCC6)c(C6CC6)n5)C4)cc3C2=O)C(=O)N1. The summed E-state index contributed by atoms with van der Waals surface area (Å²) in [5, 5.41) is 10.8. The normalized spacial score (nSPS) is 27.5. The van der Waals surface area contributed by atoms with E-state index in [1.54, 1.807) is 12.1 Å². The molecule has 0 spiro atoms. The van der Waals surface area contributed by atoms with Gasteiger partial charge >= 0.3 is 0 Å². The van der Waals surface area contributed by atoms with Crippen molar-refractivity contribution in [3.8, 4) is 0 Å². The summed E-state index contributed by atoms with van der Waals surface area (Å²) in [7, 11) is 0. The highest BCUT2D eigenvalue weighted by molar-refractivity contribution is 6.23. The minimum atomic E-state index is -0.944. The zero-order valence-corrected chi connectivity index (χ0v) is 21.4. The summed E-state index contributed by atoms with van der Waals surface area (Å²) < 4.78 is 2.25. The molecular formula is C29H33N5O4. The van der Waals surface area contributed by atoms with Gasteiger partial charge in [0.25, 0.3) is 11.8 Å². The first kappa shape index (κ1) is 23.6. The van der Waals surface area contributed by atoms with E-state index in [-0.39, 0.29) is 18.7 Å². The molecule has 2 aromatic rings. The molecule has 1 unspecified atom stereocenters. The molecule has 9 heteroatoms. The number of benzene rings is 1. The van der Waals surface area contributed by atoms with Crippen LogP contribution in [0.25, 0.3) is 0 Å². The van der Waals surface area contributed by atoms with E-state index in [9.17, 15) is 19.2 Å². The second-order valence-electron chi connectivity index (χ2n) is 11.8. The van der Waals surface area contributed by atoms with Crippen molar-refractivity contribution in [3.63, 3.8) is 0 Å². The lowest BCUT2D eigenvalue weighted by Gasteiger charge is -2.35. The number of fused-ring (bicyclic) bond motifs is 1. The molecule has 1 aromatic carbocycles. The first-order valence-corrected chi connectivity index (χ1v) is 14.1. The molecule has 1 saturated heterocycles. The Labute approximate surface area is 221 Å². The molecule has 9 nitrogen and oxygen atoms in total. The van der Waals surface area contributed by atoms with Crippen molar-refractivity contribution in [2.45, 2.75) is 88.1 Å². The van der Waals surface area contributed by atoms with Crippen LogP contribution in [0.5, 0.6) is 0 Å². The molecule has 4 fully saturated rings. The summed E-state index contributed by atoms with van der Waals surface area (Å²) in [6, 6.07) is 4.69. The van der Waals surface area contributed by atoms with E-state index >= 15 is 0 Å². The summed E-state index contributed by atoms with van der Waals surface area (Å²) in [6.45, 7) is 0.792. The fourth-order valence-corrected chi connectivity index (χ4v) is 6.76. The molecule has 0 bridgehead atoms. The Morgan fingerprint density at radius 2 is 1.68 bits per heavy atom. The fourth-order valence-electron chi connectivity index (χ4n) is 6.76. The molecule has 7 rings (SSSR count). The van der Waals surface area contributed by atoms with Gasteiger partial charge in [0, 0.05) is 30.8 Å². The Kier molecular flexibility index (Phi) is 5.63. The van der Waals surface area contributed by atoms with Gasteiger partial charge in [0.05, 0.1) is 22.9 Å². The van der Waals surface area contributed by atoms with Gasteiger partial charge in [0.15, 0.2) is 0 Å². The average Bonchev–Trinajstić information content (AvgIpc) is 3.29. The van der Waals surface area contributed by atoms with E-state index in [4.69, 9.17) is 5.10 Å². The van der Waals surface area contributed by atoms with Crippen LogP contribution in [0.2, 0.25) is 0 Å². The lowest BCUT2D eigenvalue weighted by molar-refractivity contribution is -0.136. The van der Waals surface area contributed by atoms with Gasteiger partial charge < -0.3 is 5.32 Å². The van der Waals surface area contributed by atoms with Crippen molar-refractivity contribution >= 4 is 29.3 Å². The van der Waals surface area contributed by atoms with Gasteiger partial charge in [-0.2, -0.15) is 5.10 Å². The second kappa shape index (κ2) is 9.06. The van der Waals surface area contributed by atoms with Gasteiger partial charge in [-0.3, -0.25) is 34.1 Å². The molecular weight excluding hydrogens is 482 g/mol. The summed E-state index contributed by atoms with van der Waals surface area (Å²) in [5.41, 5.74) is 4.30. The Morgan fingerprint density at radius 1 is 0.921 bits per heavy atom. The van der Waals surface area contributed by atoms with Gasteiger partial charge in [0.2, 0.25) is 11.8 Å². The summed E-state index contributed by atoms with van der Waals surface area (Å²) in [5.74, 6) is -0.0103. The number of rotatable bonds is 7. The van der Waals surface area contributed by atoms with Crippen molar-refractivity contribution in [2.24, 2.45) is 5.92 Å². The molecule has 198 valence electrons. The first-order valence-electron chi connectivity index (χ1n) is 14.1. The maximum atomic E-state index is 13.1. The quantitative estimate of drug-likeness (QED) is 0.541. The third kappa shape index (κ3) is 4.03. The molecule has 3 aliphatic carbocycles. The number of hydrogen-bond donors (Lipinski definition) is 2. The number of amides is 4. The van der Waals surface area contributed by atoms with E-state index in [0.717, 1.165) is 30.0 Å². The second-order valence-corrected chi connectivity index (χ2v) is 11.8. The molecule has 5 aliphatic rings. The topological polar surface area (TPSA) is 113 Å². The first-order chi connectivity index (χ1) is 18.5. The third-order valence-corrected chi connectivity index (χ3v) is 9.17. The molecule has 4 amide bonds. The van der Waals surface area contributed by atoms with Crippen molar-refractivity contribution in [3.05, 3.63) is 46.8 Å². The molecule has 3 heterocycles. The van der Waals surface area contributed by atoms with E-state index in [1.807, 2.05) is 6.07 Å². The van der Waals surface area contributed by atoms with Gasteiger partial charge in [-0.15, -0.1) is 0 Å². The Bertz CT molecular complexity index is 1330. The number of nitrogens with zero attached hydrogens (tertiary/aromatic N) is 3. The maximum absolute atomic E-state index is 13.1. The van der Waals surface area contributed by atoms with Crippen LogP contribution >= 0.6 is 0 Å². The van der Waals surface area contributed by atoms with Crippen LogP contribution in [0.3, 0.4) is 0 Å². The smallest absolute Gasteiger partial charge is 0.262 e. The largest absolute Gasteiger partial charge is 0.385 e. The number of aromatic nitrogens is 2. The zero-order chi connectivity index (χ0) is 26.0. The Balaban J connectivity index is 0.973. The highest BCUT2D eigenvalue weighted by atomic mass is 16.2. The van der Waals surface area contributed by atoms with Crippen LogP contribution < -0.4 is 10.6 Å². The number of nitrogens with one attached hydrogen (secondary N) is 2. The minimum absolute atomic E-state index is 0.112. The van der Waals surface area contributed by atoms with E-state index < -0.39 is 23.8 Å². The monoisotopic (exact) mass is 515 g/mol. The minimum Gasteiger partial charge on any atom is -0.385 e. The number of imide groups is 2. The maximum Gasteiger partial charge on any atom is 0.262 e. The van der Waals surface area contributed by atoms with Crippen molar-refractivity contribution < 1.29 is 19.2 Å². The highest BCUT2D eigenvalue weighted by Crippen LogP contribution is 2.47. The molecule has 1 aromatic heterocycles. The number of carbonyl (C=O) groups excluding carboxylic acids is 4. The van der Waals surface area contributed by atoms with Crippen LogP contribution in [-0.4, -0.2) is 50.9 Å². The number of carbonyl (C=O) groups is 4. The molecule has 0 radical (unpaired) electrons. The van der Waals surface area contributed by atoms with E-state index in [0.29, 0.717) is 34.9 Å². The van der Waals surface area contributed by atoms with Gasteiger partial charge in [-0.25, -0.2) is 0 Å². The van der Waals surface area contributed by atoms with E-state index in [1.165, 1.54) is 49.8 Å². The van der Waals surface area contributed by atoms with Crippen LogP contribution in [0.4, 0.5) is 5.69 Å². The van der Waals surface area contributed by atoms with E-state index in [2.05, 4.69) is 21.5 Å².